The molecule has 1 amide bonds. The van der Waals surface area contributed by atoms with Gasteiger partial charge in [-0.25, -0.2) is 13.2 Å². The molecule has 4 aromatic rings. The van der Waals surface area contributed by atoms with Crippen LogP contribution in [0, 0.1) is 0 Å². The fourth-order valence-electron chi connectivity index (χ4n) is 4.67. The Morgan fingerprint density at radius 1 is 1.02 bits per heavy atom. The first-order chi connectivity index (χ1) is 20.4. The van der Waals surface area contributed by atoms with Gasteiger partial charge in [0.25, 0.3) is 11.5 Å². The maximum absolute atomic E-state index is 13.6. The number of nitrogens with zero attached hydrogens (tertiary/aromatic N) is 3. The van der Waals surface area contributed by atoms with Crippen LogP contribution >= 0.6 is 11.3 Å². The van der Waals surface area contributed by atoms with Crippen molar-refractivity contribution in [3.63, 3.8) is 0 Å². The second-order valence-electron chi connectivity index (χ2n) is 9.63. The number of thiophene rings is 1. The van der Waals surface area contributed by atoms with Crippen LogP contribution in [-0.2, 0) is 20.9 Å². The van der Waals surface area contributed by atoms with Gasteiger partial charge in [0.15, 0.2) is 5.69 Å². The molecule has 10 nitrogen and oxygen atoms in total. The van der Waals surface area contributed by atoms with Crippen LogP contribution in [0.1, 0.15) is 52.6 Å². The number of benzene rings is 2. The highest BCUT2D eigenvalue weighted by molar-refractivity contribution is 7.89. The average molecular weight is 635 g/mol. The van der Waals surface area contributed by atoms with Crippen LogP contribution in [-0.4, -0.2) is 54.1 Å². The normalized spacial score (nSPS) is 14.5. The van der Waals surface area contributed by atoms with E-state index in [-0.39, 0.29) is 44.2 Å². The van der Waals surface area contributed by atoms with Gasteiger partial charge in [0.05, 0.1) is 28.1 Å². The van der Waals surface area contributed by atoms with E-state index in [2.05, 4.69) is 10.4 Å². The Labute approximate surface area is 247 Å². The van der Waals surface area contributed by atoms with Crippen molar-refractivity contribution in [1.82, 2.24) is 14.1 Å². The number of fused-ring (bicyclic) bond motifs is 1. The molecule has 43 heavy (non-hydrogen) atoms. The highest BCUT2D eigenvalue weighted by Gasteiger charge is 2.31. The molecule has 0 unspecified atom stereocenters. The molecule has 1 aliphatic heterocycles. The SMILES string of the molecule is CCOC(=O)c1nn(-c2ccc(C(F)(F)F)cc2)c(=O)c2c(NC(=O)c3ccc(S(=O)(=O)N4CCCCC4)cc3)scc12. The topological polar surface area (TPSA) is 128 Å². The predicted molar refractivity (Wildman–Crippen MR) is 153 cm³/mol. The lowest BCUT2D eigenvalue weighted by molar-refractivity contribution is -0.137. The van der Waals surface area contributed by atoms with Gasteiger partial charge in [-0.15, -0.1) is 11.3 Å². The molecule has 3 heterocycles. The summed E-state index contributed by atoms with van der Waals surface area (Å²) < 4.78 is 72.4. The van der Waals surface area contributed by atoms with Crippen molar-refractivity contribution in [3.8, 4) is 5.69 Å². The minimum Gasteiger partial charge on any atom is -0.461 e. The third-order valence-electron chi connectivity index (χ3n) is 6.86. The van der Waals surface area contributed by atoms with Crippen LogP contribution in [0.15, 0.2) is 63.6 Å². The Bertz CT molecular complexity index is 1840. The average Bonchev–Trinajstić information content (AvgIpc) is 3.41. The van der Waals surface area contributed by atoms with E-state index >= 15 is 0 Å². The van der Waals surface area contributed by atoms with Crippen molar-refractivity contribution >= 4 is 49.0 Å². The predicted octanol–water partition coefficient (Wildman–Crippen LogP) is 5.07. The number of rotatable bonds is 7. The van der Waals surface area contributed by atoms with Gasteiger partial charge in [-0.05, 0) is 68.3 Å². The van der Waals surface area contributed by atoms with Gasteiger partial charge in [-0.1, -0.05) is 6.42 Å². The highest BCUT2D eigenvalue weighted by Crippen LogP contribution is 2.32. The third-order valence-corrected chi connectivity index (χ3v) is 9.67. The minimum atomic E-state index is -4.60. The number of halogens is 3. The Balaban J connectivity index is 1.50. The molecular formula is C28H25F3N4O6S2. The second-order valence-corrected chi connectivity index (χ2v) is 12.4. The Hall–Kier alpha value is -4.08. The zero-order valence-corrected chi connectivity index (χ0v) is 24.3. The molecule has 226 valence electrons. The number of amides is 1. The monoisotopic (exact) mass is 634 g/mol. The van der Waals surface area contributed by atoms with Crippen molar-refractivity contribution in [3.05, 3.63) is 81.1 Å². The molecule has 2 aromatic carbocycles. The van der Waals surface area contributed by atoms with Crippen LogP contribution in [0.3, 0.4) is 0 Å². The Morgan fingerprint density at radius 2 is 1.67 bits per heavy atom. The number of carbonyl (C=O) groups is 2. The molecular weight excluding hydrogens is 609 g/mol. The second kappa shape index (κ2) is 11.9. The molecule has 1 aliphatic rings. The van der Waals surface area contributed by atoms with Gasteiger partial charge in [0, 0.05) is 29.4 Å². The molecule has 0 aliphatic carbocycles. The number of esters is 1. The summed E-state index contributed by atoms with van der Waals surface area (Å²) in [5.41, 5.74) is -1.92. The number of anilines is 1. The van der Waals surface area contributed by atoms with Crippen molar-refractivity contribution in [2.24, 2.45) is 0 Å². The summed E-state index contributed by atoms with van der Waals surface area (Å²) in [6, 6.07) is 9.04. The molecule has 1 saturated heterocycles. The Morgan fingerprint density at radius 3 is 2.28 bits per heavy atom. The minimum absolute atomic E-state index is 0.00137. The Kier molecular flexibility index (Phi) is 8.40. The molecule has 0 saturated carbocycles. The first-order valence-corrected chi connectivity index (χ1v) is 15.5. The lowest BCUT2D eigenvalue weighted by Gasteiger charge is -2.25. The van der Waals surface area contributed by atoms with E-state index in [0.717, 1.165) is 59.5 Å². The third kappa shape index (κ3) is 6.05. The van der Waals surface area contributed by atoms with E-state index in [0.29, 0.717) is 13.1 Å². The summed E-state index contributed by atoms with van der Waals surface area (Å²) in [6.45, 7) is 2.44. The molecule has 0 atom stereocenters. The van der Waals surface area contributed by atoms with Crippen LogP contribution < -0.4 is 10.9 Å². The van der Waals surface area contributed by atoms with Crippen LogP contribution in [0.2, 0.25) is 0 Å². The number of alkyl halides is 3. The van der Waals surface area contributed by atoms with Gasteiger partial charge in [0.1, 0.15) is 5.00 Å². The maximum atomic E-state index is 13.6. The van der Waals surface area contributed by atoms with Crippen molar-refractivity contribution in [2.45, 2.75) is 37.3 Å². The summed E-state index contributed by atoms with van der Waals surface area (Å²) in [5.74, 6) is -1.52. The van der Waals surface area contributed by atoms with Crippen LogP contribution in [0.25, 0.3) is 16.5 Å². The van der Waals surface area contributed by atoms with E-state index < -0.39 is 39.2 Å². The summed E-state index contributed by atoms with van der Waals surface area (Å²) in [6.07, 6.45) is -2.07. The lowest BCUT2D eigenvalue weighted by Crippen LogP contribution is -2.35. The molecule has 1 N–H and O–H groups in total. The summed E-state index contributed by atoms with van der Waals surface area (Å²) in [5, 5.41) is 8.21. The van der Waals surface area contributed by atoms with E-state index in [4.69, 9.17) is 4.74 Å². The van der Waals surface area contributed by atoms with Crippen molar-refractivity contribution in [1.29, 1.82) is 0 Å². The number of hydrogen-bond donors (Lipinski definition) is 1. The van der Waals surface area contributed by atoms with E-state index in [9.17, 15) is 36.0 Å². The van der Waals surface area contributed by atoms with E-state index in [1.165, 1.54) is 34.0 Å². The van der Waals surface area contributed by atoms with Crippen LogP contribution in [0.4, 0.5) is 18.2 Å². The zero-order valence-electron chi connectivity index (χ0n) is 22.7. The summed E-state index contributed by atoms with van der Waals surface area (Å²) in [4.78, 5) is 39.5. The molecule has 15 heteroatoms. The van der Waals surface area contributed by atoms with Gasteiger partial charge in [0.2, 0.25) is 10.0 Å². The molecule has 2 aromatic heterocycles. The lowest BCUT2D eigenvalue weighted by atomic mass is 10.2. The first kappa shape index (κ1) is 30.4. The molecule has 0 radical (unpaired) electrons. The smallest absolute Gasteiger partial charge is 0.416 e. The molecule has 1 fully saturated rings. The largest absolute Gasteiger partial charge is 0.461 e. The number of ether oxygens (including phenoxy) is 1. The molecule has 0 spiro atoms. The number of sulfonamides is 1. The number of nitrogens with one attached hydrogen (secondary N) is 1. The van der Waals surface area contributed by atoms with E-state index in [1.807, 2.05) is 0 Å². The van der Waals surface area contributed by atoms with Gasteiger partial charge in [-0.2, -0.15) is 27.3 Å². The van der Waals surface area contributed by atoms with Gasteiger partial charge >= 0.3 is 12.1 Å². The summed E-state index contributed by atoms with van der Waals surface area (Å²) >= 11 is 0.941. The highest BCUT2D eigenvalue weighted by atomic mass is 32.2. The zero-order chi connectivity index (χ0) is 30.9. The fourth-order valence-corrected chi connectivity index (χ4v) is 7.12. The van der Waals surface area contributed by atoms with Crippen molar-refractivity contribution < 1.29 is 35.9 Å². The summed E-state index contributed by atoms with van der Waals surface area (Å²) in [7, 11) is -3.70. The number of aromatic nitrogens is 2. The maximum Gasteiger partial charge on any atom is 0.416 e. The number of carbonyl (C=O) groups excluding carboxylic acids is 2. The standard InChI is InChI=1S/C28H25F3N4O6S2/c1-2-41-27(38)23-21-16-42-25(22(21)26(37)35(33-23)19-10-8-18(9-11-19)28(29,30)31)32-24(36)17-6-12-20(13-7-17)43(39,40)34-14-4-3-5-15-34/h6-13,16H,2-5,14-15H2,1H3,(H,32,36). The van der Waals surface area contributed by atoms with Crippen LogP contribution in [0.5, 0.6) is 0 Å². The number of piperidine rings is 1. The molecule has 5 rings (SSSR count). The fraction of sp³-hybridized carbons (Fsp3) is 0.286. The van der Waals surface area contributed by atoms with Gasteiger partial charge < -0.3 is 10.1 Å². The first-order valence-electron chi connectivity index (χ1n) is 13.2. The van der Waals surface area contributed by atoms with E-state index in [1.54, 1.807) is 6.92 Å². The quantitative estimate of drug-likeness (QED) is 0.281. The molecule has 0 bridgehead atoms. The van der Waals surface area contributed by atoms with Gasteiger partial charge in [-0.3, -0.25) is 9.59 Å². The number of hydrogen-bond acceptors (Lipinski definition) is 8. The van der Waals surface area contributed by atoms with Crippen molar-refractivity contribution in [2.75, 3.05) is 25.0 Å².